The third kappa shape index (κ3) is 3.25. The molecule has 1 saturated heterocycles. The van der Waals surface area contributed by atoms with Crippen LogP contribution in [0.5, 0.6) is 0 Å². The number of carbonyl (C=O) groups excluding carboxylic acids is 2. The number of amides is 2. The van der Waals surface area contributed by atoms with Gasteiger partial charge in [-0.25, -0.2) is 4.99 Å². The van der Waals surface area contributed by atoms with Crippen LogP contribution in [0.25, 0.3) is 22.0 Å². The Bertz CT molecular complexity index is 1330. The normalized spacial score (nSPS) is 23.2. The first-order valence-corrected chi connectivity index (χ1v) is 12.3. The Kier molecular flexibility index (Phi) is 4.26. The van der Waals surface area contributed by atoms with Crippen molar-refractivity contribution in [3.63, 3.8) is 0 Å². The standard InChI is InChI=1S/C27H27N5O2/c33-25(18-1-2-18)31-12-8-17(15-31)16-32-24(30-27(9-10-27)26(32)34)23-6-4-21(14-29-23)19-3-5-22-20(13-19)7-11-28-22/h3-7,11,13-14,17-18,28H,1-2,8-10,12,15-16H2/t17-/m1/s1. The highest BCUT2D eigenvalue weighted by molar-refractivity contribution is 6.15. The zero-order valence-electron chi connectivity index (χ0n) is 19.0. The first kappa shape index (κ1) is 19.9. The Morgan fingerprint density at radius 2 is 1.94 bits per heavy atom. The van der Waals surface area contributed by atoms with Crippen molar-refractivity contribution in [2.24, 2.45) is 16.8 Å². The van der Waals surface area contributed by atoms with Crippen molar-refractivity contribution in [2.75, 3.05) is 19.6 Å². The molecular weight excluding hydrogens is 426 g/mol. The molecule has 1 aromatic carbocycles. The molecule has 1 N–H and O–H groups in total. The van der Waals surface area contributed by atoms with E-state index in [4.69, 9.17) is 9.98 Å². The number of aliphatic imine (C=N–C) groups is 1. The highest BCUT2D eigenvalue weighted by Gasteiger charge is 2.57. The van der Waals surface area contributed by atoms with Gasteiger partial charge in [0.15, 0.2) is 5.84 Å². The van der Waals surface area contributed by atoms with Gasteiger partial charge in [-0.2, -0.15) is 0 Å². The van der Waals surface area contributed by atoms with Gasteiger partial charge in [-0.1, -0.05) is 12.1 Å². The average molecular weight is 454 g/mol. The Balaban J connectivity index is 1.12. The average Bonchev–Trinajstić information content (AvgIpc) is 3.74. The SMILES string of the molecule is O=C(C1CC1)N1CC[C@@H](CN2C(=O)C3(CC3)N=C2c2ccc(-c3ccc4[nH]ccc4c3)cn2)C1. The van der Waals surface area contributed by atoms with Gasteiger partial charge in [0.1, 0.15) is 11.2 Å². The van der Waals surface area contributed by atoms with Crippen molar-refractivity contribution in [1.29, 1.82) is 0 Å². The molecule has 4 heterocycles. The number of nitrogens with zero attached hydrogens (tertiary/aromatic N) is 4. The minimum absolute atomic E-state index is 0.109. The molecule has 1 spiro atoms. The van der Waals surface area contributed by atoms with E-state index in [1.54, 1.807) is 0 Å². The van der Waals surface area contributed by atoms with Gasteiger partial charge in [0.2, 0.25) is 5.91 Å². The number of fused-ring (bicyclic) bond motifs is 1. The number of amidine groups is 1. The fourth-order valence-corrected chi connectivity index (χ4v) is 5.43. The monoisotopic (exact) mass is 453 g/mol. The lowest BCUT2D eigenvalue weighted by Gasteiger charge is -2.23. The maximum Gasteiger partial charge on any atom is 0.256 e. The number of aromatic nitrogens is 2. The molecule has 7 nitrogen and oxygen atoms in total. The smallest absolute Gasteiger partial charge is 0.256 e. The molecule has 0 unspecified atom stereocenters. The van der Waals surface area contributed by atoms with Crippen molar-refractivity contribution in [3.8, 4) is 11.1 Å². The summed E-state index contributed by atoms with van der Waals surface area (Å²) in [5.74, 6) is 1.65. The summed E-state index contributed by atoms with van der Waals surface area (Å²) in [5.41, 5.74) is 3.44. The van der Waals surface area contributed by atoms with Gasteiger partial charge in [-0.15, -0.1) is 0 Å². The van der Waals surface area contributed by atoms with Gasteiger partial charge in [-0.05, 0) is 73.2 Å². The van der Waals surface area contributed by atoms with E-state index in [1.165, 1.54) is 5.39 Å². The maximum absolute atomic E-state index is 13.3. The summed E-state index contributed by atoms with van der Waals surface area (Å²) < 4.78 is 0. The largest absolute Gasteiger partial charge is 0.361 e. The number of H-pyrrole nitrogens is 1. The van der Waals surface area contributed by atoms with Gasteiger partial charge in [0.05, 0.1) is 0 Å². The predicted octanol–water partition coefficient (Wildman–Crippen LogP) is 3.61. The lowest BCUT2D eigenvalue weighted by molar-refractivity contribution is -0.131. The van der Waals surface area contributed by atoms with Gasteiger partial charge in [0, 0.05) is 49.0 Å². The molecule has 3 aromatic rings. The molecule has 172 valence electrons. The highest BCUT2D eigenvalue weighted by Crippen LogP contribution is 2.46. The fraction of sp³-hybridized carbons (Fsp3) is 0.407. The molecule has 7 rings (SSSR count). The minimum atomic E-state index is -0.558. The molecule has 1 atom stereocenters. The summed E-state index contributed by atoms with van der Waals surface area (Å²) in [7, 11) is 0. The van der Waals surface area contributed by atoms with Crippen LogP contribution in [0.4, 0.5) is 0 Å². The number of aromatic amines is 1. The quantitative estimate of drug-likeness (QED) is 0.641. The Morgan fingerprint density at radius 1 is 1.09 bits per heavy atom. The van der Waals surface area contributed by atoms with Crippen LogP contribution < -0.4 is 0 Å². The van der Waals surface area contributed by atoms with Crippen LogP contribution in [0.15, 0.2) is 53.8 Å². The van der Waals surface area contributed by atoms with Crippen molar-refractivity contribution in [1.82, 2.24) is 19.8 Å². The van der Waals surface area contributed by atoms with Crippen molar-refractivity contribution in [3.05, 3.63) is 54.5 Å². The summed E-state index contributed by atoms with van der Waals surface area (Å²) >= 11 is 0. The van der Waals surface area contributed by atoms with Crippen LogP contribution in [-0.2, 0) is 9.59 Å². The number of carbonyl (C=O) groups is 2. The second-order valence-electron chi connectivity index (χ2n) is 10.3. The van der Waals surface area contributed by atoms with E-state index in [0.29, 0.717) is 18.3 Å². The number of likely N-dealkylation sites (tertiary alicyclic amines) is 1. The fourth-order valence-electron chi connectivity index (χ4n) is 5.43. The molecular formula is C27H27N5O2. The Labute approximate surface area is 197 Å². The van der Waals surface area contributed by atoms with Gasteiger partial charge < -0.3 is 9.88 Å². The number of benzene rings is 1. The zero-order chi connectivity index (χ0) is 22.9. The highest BCUT2D eigenvalue weighted by atomic mass is 16.2. The molecule has 2 aliphatic carbocycles. The number of nitrogens with one attached hydrogen (secondary N) is 1. The third-order valence-corrected chi connectivity index (χ3v) is 7.79. The number of rotatable bonds is 5. The van der Waals surface area contributed by atoms with Crippen molar-refractivity contribution < 1.29 is 9.59 Å². The summed E-state index contributed by atoms with van der Waals surface area (Å²) in [6, 6.07) is 12.4. The summed E-state index contributed by atoms with van der Waals surface area (Å²) in [4.78, 5) is 42.4. The van der Waals surface area contributed by atoms with Gasteiger partial charge in [0.25, 0.3) is 5.91 Å². The number of hydrogen-bond donors (Lipinski definition) is 1. The van der Waals surface area contributed by atoms with Crippen LogP contribution >= 0.6 is 0 Å². The maximum atomic E-state index is 13.3. The van der Waals surface area contributed by atoms with E-state index >= 15 is 0 Å². The first-order valence-electron chi connectivity index (χ1n) is 12.3. The van der Waals surface area contributed by atoms with Crippen LogP contribution in [0.3, 0.4) is 0 Å². The van der Waals surface area contributed by atoms with E-state index in [1.807, 2.05) is 28.3 Å². The van der Waals surface area contributed by atoms with E-state index in [-0.39, 0.29) is 17.7 Å². The topological polar surface area (TPSA) is 81.7 Å². The van der Waals surface area contributed by atoms with E-state index in [2.05, 4.69) is 35.3 Å². The molecule has 2 amide bonds. The molecule has 3 fully saturated rings. The molecule has 0 radical (unpaired) electrons. The van der Waals surface area contributed by atoms with Gasteiger partial charge >= 0.3 is 0 Å². The molecule has 0 bridgehead atoms. The summed E-state index contributed by atoms with van der Waals surface area (Å²) in [6.07, 6.45) is 8.46. The predicted molar refractivity (Wildman–Crippen MR) is 129 cm³/mol. The first-order chi connectivity index (χ1) is 16.6. The van der Waals surface area contributed by atoms with E-state index in [9.17, 15) is 9.59 Å². The molecule has 4 aliphatic rings. The minimum Gasteiger partial charge on any atom is -0.361 e. The van der Waals surface area contributed by atoms with Crippen molar-refractivity contribution >= 4 is 28.6 Å². The van der Waals surface area contributed by atoms with Crippen LogP contribution in [0.1, 0.15) is 37.8 Å². The summed E-state index contributed by atoms with van der Waals surface area (Å²) in [5, 5.41) is 1.17. The molecule has 2 aromatic heterocycles. The molecule has 7 heteroatoms. The second kappa shape index (κ2) is 7.26. The van der Waals surface area contributed by atoms with Crippen LogP contribution in [0.2, 0.25) is 0 Å². The lowest BCUT2D eigenvalue weighted by atomic mass is 10.1. The summed E-state index contributed by atoms with van der Waals surface area (Å²) in [6.45, 7) is 2.16. The van der Waals surface area contributed by atoms with E-state index < -0.39 is 5.54 Å². The Morgan fingerprint density at radius 3 is 2.71 bits per heavy atom. The van der Waals surface area contributed by atoms with Crippen molar-refractivity contribution in [2.45, 2.75) is 37.6 Å². The molecule has 2 saturated carbocycles. The number of pyridine rings is 1. The second-order valence-corrected chi connectivity index (χ2v) is 10.3. The molecule has 34 heavy (non-hydrogen) atoms. The van der Waals surface area contributed by atoms with Crippen LogP contribution in [0, 0.1) is 11.8 Å². The lowest BCUT2D eigenvalue weighted by Crippen LogP contribution is -2.41. The van der Waals surface area contributed by atoms with Gasteiger partial charge in [-0.3, -0.25) is 19.5 Å². The van der Waals surface area contributed by atoms with Crippen LogP contribution in [-0.4, -0.2) is 62.6 Å². The molecule has 2 aliphatic heterocycles. The third-order valence-electron chi connectivity index (χ3n) is 7.79. The Hall–Kier alpha value is -3.48. The van der Waals surface area contributed by atoms with E-state index in [0.717, 1.165) is 67.5 Å². The number of hydrogen-bond acceptors (Lipinski definition) is 4. The zero-order valence-corrected chi connectivity index (χ0v) is 19.0.